The molecule has 0 saturated heterocycles. The number of fused-ring (bicyclic) bond motifs is 1. The first-order valence-electron chi connectivity index (χ1n) is 9.00. The minimum atomic E-state index is -0.530. The molecule has 0 amide bonds. The van der Waals surface area contributed by atoms with Gasteiger partial charge in [-0.25, -0.2) is 4.79 Å². The van der Waals surface area contributed by atoms with Gasteiger partial charge in [-0.1, -0.05) is 24.8 Å². The van der Waals surface area contributed by atoms with Gasteiger partial charge in [0, 0.05) is 17.3 Å². The van der Waals surface area contributed by atoms with E-state index < -0.39 is 5.60 Å². The quantitative estimate of drug-likeness (QED) is 0.705. The Kier molecular flexibility index (Phi) is 4.90. The summed E-state index contributed by atoms with van der Waals surface area (Å²) in [6.07, 6.45) is 3.17. The van der Waals surface area contributed by atoms with Crippen LogP contribution in [-0.2, 0) is 15.9 Å². The Morgan fingerprint density at radius 3 is 2.69 bits per heavy atom. The number of benzene rings is 1. The van der Waals surface area contributed by atoms with Gasteiger partial charge >= 0.3 is 6.09 Å². The van der Waals surface area contributed by atoms with Crippen LogP contribution in [0.25, 0.3) is 10.9 Å². The second-order valence-corrected chi connectivity index (χ2v) is 7.44. The molecule has 5 heteroatoms. The van der Waals surface area contributed by atoms with Gasteiger partial charge in [-0.2, -0.15) is 0 Å². The third-order valence-electron chi connectivity index (χ3n) is 4.21. The molecule has 1 aromatic heterocycles. The summed E-state index contributed by atoms with van der Waals surface area (Å²) in [6, 6.07) is 7.93. The molecule has 0 spiro atoms. The van der Waals surface area contributed by atoms with Gasteiger partial charge in [0.1, 0.15) is 17.4 Å². The molecule has 138 valence electrons. The second kappa shape index (κ2) is 6.98. The molecule has 0 aliphatic carbocycles. The van der Waals surface area contributed by atoms with Gasteiger partial charge < -0.3 is 9.47 Å². The Hall–Kier alpha value is -2.56. The van der Waals surface area contributed by atoms with Crippen LogP contribution in [-0.4, -0.2) is 34.6 Å². The average Bonchev–Trinajstić information content (AvgIpc) is 3.25. The van der Waals surface area contributed by atoms with Crippen LogP contribution in [0.15, 0.2) is 47.8 Å². The molecule has 0 radical (unpaired) electrons. The molecule has 1 aromatic carbocycles. The highest BCUT2D eigenvalue weighted by Gasteiger charge is 2.31. The molecule has 2 aromatic rings. The Morgan fingerprint density at radius 1 is 1.27 bits per heavy atom. The molecule has 1 atom stereocenters. The lowest BCUT2D eigenvalue weighted by Gasteiger charge is -2.19. The van der Waals surface area contributed by atoms with Crippen molar-refractivity contribution in [1.82, 2.24) is 4.57 Å². The van der Waals surface area contributed by atoms with Crippen LogP contribution >= 0.6 is 0 Å². The van der Waals surface area contributed by atoms with Gasteiger partial charge in [0.25, 0.3) is 0 Å². The zero-order chi connectivity index (χ0) is 18.9. The van der Waals surface area contributed by atoms with E-state index in [1.807, 2.05) is 58.2 Å². The molecule has 0 bridgehead atoms. The van der Waals surface area contributed by atoms with Crippen molar-refractivity contribution in [3.63, 3.8) is 0 Å². The highest BCUT2D eigenvalue weighted by atomic mass is 16.6. The fraction of sp³-hybridized carbons (Fsp3) is 0.429. The van der Waals surface area contributed by atoms with E-state index in [0.717, 1.165) is 40.8 Å². The summed E-state index contributed by atoms with van der Waals surface area (Å²) in [5.41, 5.74) is 2.56. The molecule has 0 fully saturated rings. The monoisotopic (exact) mass is 354 g/mol. The fourth-order valence-corrected chi connectivity index (χ4v) is 3.03. The maximum absolute atomic E-state index is 12.5. The van der Waals surface area contributed by atoms with E-state index in [-0.39, 0.29) is 12.1 Å². The van der Waals surface area contributed by atoms with Crippen molar-refractivity contribution in [2.24, 2.45) is 4.99 Å². The number of para-hydroxylation sites is 1. The number of nitrogens with zero attached hydrogens (tertiary/aromatic N) is 2. The zero-order valence-corrected chi connectivity index (χ0v) is 15.9. The number of ether oxygens (including phenoxy) is 2. The van der Waals surface area contributed by atoms with Crippen LogP contribution in [0.2, 0.25) is 0 Å². The molecule has 5 nitrogen and oxygen atoms in total. The number of carbonyl (C=O) groups is 1. The average molecular weight is 354 g/mol. The Morgan fingerprint density at radius 2 is 2.00 bits per heavy atom. The molecule has 1 aliphatic rings. The van der Waals surface area contributed by atoms with E-state index in [1.165, 1.54) is 0 Å². The predicted molar refractivity (Wildman–Crippen MR) is 104 cm³/mol. The zero-order valence-electron chi connectivity index (χ0n) is 15.9. The minimum absolute atomic E-state index is 0.0363. The van der Waals surface area contributed by atoms with Crippen LogP contribution in [0.3, 0.4) is 0 Å². The van der Waals surface area contributed by atoms with Crippen molar-refractivity contribution in [2.45, 2.75) is 52.2 Å². The summed E-state index contributed by atoms with van der Waals surface area (Å²) in [4.78, 5) is 17.0. The summed E-state index contributed by atoms with van der Waals surface area (Å²) in [5, 5.41) is 1.07. The fourth-order valence-electron chi connectivity index (χ4n) is 3.03. The number of hydrogen-bond acceptors (Lipinski definition) is 4. The second-order valence-electron chi connectivity index (χ2n) is 7.44. The van der Waals surface area contributed by atoms with E-state index in [2.05, 4.69) is 11.6 Å². The van der Waals surface area contributed by atoms with E-state index in [9.17, 15) is 4.79 Å². The number of aromatic nitrogens is 1. The predicted octanol–water partition coefficient (Wildman–Crippen LogP) is 4.73. The van der Waals surface area contributed by atoms with Crippen molar-refractivity contribution < 1.29 is 14.3 Å². The van der Waals surface area contributed by atoms with Crippen molar-refractivity contribution in [2.75, 3.05) is 6.61 Å². The molecule has 1 unspecified atom stereocenters. The number of aliphatic imine (C=N–C) groups is 1. The van der Waals surface area contributed by atoms with Gasteiger partial charge in [-0.15, -0.1) is 0 Å². The highest BCUT2D eigenvalue weighted by Crippen LogP contribution is 2.28. The topological polar surface area (TPSA) is 52.8 Å². The number of hydrogen-bond donors (Lipinski definition) is 0. The van der Waals surface area contributed by atoms with Crippen molar-refractivity contribution >= 4 is 22.7 Å². The third-order valence-corrected chi connectivity index (χ3v) is 4.21. The van der Waals surface area contributed by atoms with Crippen LogP contribution in [0.1, 0.15) is 39.7 Å². The smallest absolute Gasteiger partial charge is 0.419 e. The molecular weight excluding hydrogens is 328 g/mol. The Bertz CT molecular complexity index is 871. The van der Waals surface area contributed by atoms with E-state index in [1.54, 1.807) is 4.57 Å². The number of aryl methyl sites for hydroxylation is 1. The number of rotatable bonds is 6. The van der Waals surface area contributed by atoms with Gasteiger partial charge in [-0.05, 0) is 52.2 Å². The van der Waals surface area contributed by atoms with Crippen molar-refractivity contribution in [1.29, 1.82) is 0 Å². The van der Waals surface area contributed by atoms with Gasteiger partial charge in [0.05, 0.1) is 12.1 Å². The normalized spacial score (nSPS) is 16.3. The summed E-state index contributed by atoms with van der Waals surface area (Å²) in [5.74, 6) is 0.721. The SMILES string of the molecule is C=C(OCC)C1N=C1CCc1cn(C(=O)OC(C)(C)C)c2ccccc12. The summed E-state index contributed by atoms with van der Waals surface area (Å²) >= 11 is 0. The Labute approximate surface area is 154 Å². The maximum Gasteiger partial charge on any atom is 0.419 e. The van der Waals surface area contributed by atoms with Crippen LogP contribution < -0.4 is 0 Å². The lowest BCUT2D eigenvalue weighted by Crippen LogP contribution is -2.26. The third kappa shape index (κ3) is 3.98. The largest absolute Gasteiger partial charge is 0.496 e. The van der Waals surface area contributed by atoms with E-state index in [0.29, 0.717) is 6.61 Å². The van der Waals surface area contributed by atoms with E-state index >= 15 is 0 Å². The van der Waals surface area contributed by atoms with Crippen LogP contribution in [0, 0.1) is 0 Å². The highest BCUT2D eigenvalue weighted by molar-refractivity contribution is 6.03. The minimum Gasteiger partial charge on any atom is -0.496 e. The molecule has 2 heterocycles. The maximum atomic E-state index is 12.5. The van der Waals surface area contributed by atoms with Gasteiger partial charge in [0.15, 0.2) is 0 Å². The summed E-state index contributed by atoms with van der Waals surface area (Å²) < 4.78 is 12.6. The first-order chi connectivity index (χ1) is 12.3. The molecule has 0 N–H and O–H groups in total. The lowest BCUT2D eigenvalue weighted by molar-refractivity contribution is 0.0544. The van der Waals surface area contributed by atoms with Crippen LogP contribution in [0.4, 0.5) is 4.79 Å². The molecule has 1 aliphatic heterocycles. The van der Waals surface area contributed by atoms with Crippen molar-refractivity contribution in [3.05, 3.63) is 48.4 Å². The van der Waals surface area contributed by atoms with Gasteiger partial charge in [-0.3, -0.25) is 9.56 Å². The lowest BCUT2D eigenvalue weighted by atomic mass is 10.1. The van der Waals surface area contributed by atoms with Crippen LogP contribution in [0.5, 0.6) is 0 Å². The summed E-state index contributed by atoms with van der Waals surface area (Å²) in [7, 11) is 0. The Balaban J connectivity index is 1.75. The van der Waals surface area contributed by atoms with E-state index in [4.69, 9.17) is 9.47 Å². The summed E-state index contributed by atoms with van der Waals surface area (Å²) in [6.45, 7) is 12.1. The first-order valence-corrected chi connectivity index (χ1v) is 9.00. The first kappa shape index (κ1) is 18.2. The van der Waals surface area contributed by atoms with Gasteiger partial charge in [0.2, 0.25) is 0 Å². The standard InChI is InChI=1S/C21H26N2O3/c1-6-25-14(2)19-17(22-19)12-11-15-13-23(20(24)26-21(3,4)5)18-10-8-7-9-16(15)18/h7-10,13,19H,2,6,11-12H2,1,3-5H3. The number of carbonyl (C=O) groups excluding carboxylic acids is 1. The van der Waals surface area contributed by atoms with Crippen molar-refractivity contribution in [3.8, 4) is 0 Å². The molecular formula is C21H26N2O3. The molecule has 3 rings (SSSR count). The molecule has 26 heavy (non-hydrogen) atoms. The molecule has 0 saturated carbocycles.